The number of nitrogens with zero attached hydrogens (tertiary/aromatic N) is 1. The molecule has 3 aromatic carbocycles. The number of benzene rings is 3. The largest absolute Gasteiger partial charge is 0.200 e. The van der Waals surface area contributed by atoms with Gasteiger partial charge in [0.15, 0.2) is 0 Å². The highest BCUT2D eigenvalue weighted by Gasteiger charge is 2.20. The van der Waals surface area contributed by atoms with Gasteiger partial charge in [-0.25, -0.2) is 0 Å². The monoisotopic (exact) mass is 299 g/mol. The van der Waals surface area contributed by atoms with E-state index in [1.165, 1.54) is 37.5 Å². The van der Waals surface area contributed by atoms with Gasteiger partial charge < -0.3 is 0 Å². The molecule has 1 heterocycles. The molecule has 0 aliphatic heterocycles. The van der Waals surface area contributed by atoms with Gasteiger partial charge in [0.1, 0.15) is 0 Å². The van der Waals surface area contributed by atoms with Crippen LogP contribution in [-0.2, 0) is 0 Å². The molecule has 0 radical (unpaired) electrons. The number of fused-ring (bicyclic) bond motifs is 1. The molecule has 0 fully saturated rings. The van der Waals surface area contributed by atoms with Crippen LogP contribution < -0.4 is 0 Å². The molecule has 0 N–H and O–H groups in total. The minimum atomic E-state index is 0.304. The van der Waals surface area contributed by atoms with Crippen LogP contribution in [0.2, 0.25) is 0 Å². The van der Waals surface area contributed by atoms with Crippen LogP contribution in [0, 0.1) is 0 Å². The van der Waals surface area contributed by atoms with Gasteiger partial charge in [0.05, 0.1) is 4.70 Å². The second-order valence-electron chi connectivity index (χ2n) is 5.71. The lowest BCUT2D eigenvalue weighted by Gasteiger charge is -2.22. The molecule has 5 rings (SSSR count). The van der Waals surface area contributed by atoms with Crippen LogP contribution in [0.15, 0.2) is 66.9 Å². The molecular formula is C20H13NS. The van der Waals surface area contributed by atoms with Crippen LogP contribution in [-0.4, -0.2) is 4.37 Å². The Morgan fingerprint density at radius 3 is 2.64 bits per heavy atom. The van der Waals surface area contributed by atoms with Crippen molar-refractivity contribution in [1.82, 2.24) is 4.37 Å². The van der Waals surface area contributed by atoms with Crippen molar-refractivity contribution in [3.05, 3.63) is 83.6 Å². The maximum absolute atomic E-state index is 4.37. The second-order valence-corrected chi connectivity index (χ2v) is 6.55. The molecular weight excluding hydrogens is 286 g/mol. The Morgan fingerprint density at radius 2 is 1.68 bits per heavy atom. The maximum atomic E-state index is 4.37. The molecule has 1 aromatic heterocycles. The Hall–Kier alpha value is -2.45. The third-order valence-corrected chi connectivity index (χ3v) is 5.30. The summed E-state index contributed by atoms with van der Waals surface area (Å²) in [7, 11) is 0. The smallest absolute Gasteiger partial charge is 0.0553 e. The van der Waals surface area contributed by atoms with Crippen molar-refractivity contribution in [2.24, 2.45) is 0 Å². The zero-order valence-corrected chi connectivity index (χ0v) is 12.7. The lowest BCUT2D eigenvalue weighted by atomic mass is 9.81. The summed E-state index contributed by atoms with van der Waals surface area (Å²) in [5.74, 6) is 0.304. The minimum absolute atomic E-state index is 0.304. The zero-order valence-electron chi connectivity index (χ0n) is 11.9. The summed E-state index contributed by atoms with van der Waals surface area (Å²) in [6.07, 6.45) is 6.59. The van der Waals surface area contributed by atoms with E-state index in [-0.39, 0.29) is 0 Å². The first-order valence-electron chi connectivity index (χ1n) is 7.45. The molecule has 1 nitrogen and oxygen atoms in total. The van der Waals surface area contributed by atoms with Crippen molar-refractivity contribution in [2.45, 2.75) is 5.92 Å². The Kier molecular flexibility index (Phi) is 2.49. The predicted molar refractivity (Wildman–Crippen MR) is 94.4 cm³/mol. The van der Waals surface area contributed by atoms with E-state index in [1.807, 2.05) is 6.20 Å². The highest BCUT2D eigenvalue weighted by Crippen LogP contribution is 2.40. The molecule has 1 unspecified atom stereocenters. The van der Waals surface area contributed by atoms with Gasteiger partial charge in [-0.2, -0.15) is 4.37 Å². The quantitative estimate of drug-likeness (QED) is 0.445. The van der Waals surface area contributed by atoms with Crippen molar-refractivity contribution in [1.29, 1.82) is 0 Å². The first-order chi connectivity index (χ1) is 10.9. The molecule has 22 heavy (non-hydrogen) atoms. The summed E-state index contributed by atoms with van der Waals surface area (Å²) < 4.78 is 5.63. The molecule has 0 amide bonds. The van der Waals surface area contributed by atoms with Crippen LogP contribution in [0.5, 0.6) is 0 Å². The molecule has 2 heteroatoms. The Labute approximate surface area is 132 Å². The molecule has 1 atom stereocenters. The first kappa shape index (κ1) is 12.1. The lowest BCUT2D eigenvalue weighted by molar-refractivity contribution is 1.05. The van der Waals surface area contributed by atoms with Gasteiger partial charge >= 0.3 is 0 Å². The van der Waals surface area contributed by atoms with Crippen molar-refractivity contribution in [3.8, 4) is 0 Å². The Morgan fingerprint density at radius 1 is 0.864 bits per heavy atom. The first-order valence-corrected chi connectivity index (χ1v) is 8.22. The third kappa shape index (κ3) is 1.62. The second kappa shape index (κ2) is 4.52. The maximum Gasteiger partial charge on any atom is 0.0553 e. The fourth-order valence-electron chi connectivity index (χ4n) is 3.56. The van der Waals surface area contributed by atoms with E-state index in [0.717, 1.165) is 0 Å². The van der Waals surface area contributed by atoms with E-state index in [2.05, 4.69) is 71.1 Å². The van der Waals surface area contributed by atoms with Gasteiger partial charge in [0.25, 0.3) is 0 Å². The van der Waals surface area contributed by atoms with E-state index in [0.29, 0.717) is 5.92 Å². The highest BCUT2D eigenvalue weighted by molar-refractivity contribution is 7.13. The van der Waals surface area contributed by atoms with Crippen molar-refractivity contribution >= 4 is 38.5 Å². The average Bonchev–Trinajstić information content (AvgIpc) is 3.05. The number of hydrogen-bond donors (Lipinski definition) is 0. The van der Waals surface area contributed by atoms with E-state index < -0.39 is 0 Å². The molecule has 4 aromatic rings. The zero-order chi connectivity index (χ0) is 14.5. The molecule has 104 valence electrons. The van der Waals surface area contributed by atoms with Crippen molar-refractivity contribution in [3.63, 3.8) is 0 Å². The third-order valence-electron chi connectivity index (χ3n) is 4.54. The van der Waals surface area contributed by atoms with Crippen LogP contribution in [0.25, 0.3) is 26.9 Å². The van der Waals surface area contributed by atoms with Gasteiger partial charge in [0.2, 0.25) is 0 Å². The summed E-state index contributed by atoms with van der Waals surface area (Å²) in [5.41, 5.74) is 4.07. The topological polar surface area (TPSA) is 12.9 Å². The minimum Gasteiger partial charge on any atom is -0.200 e. The molecule has 0 bridgehead atoms. The Balaban J connectivity index is 1.83. The SMILES string of the molecule is C1=CC(c2cccc3sncc23)c2cccc3cccc1c23. The van der Waals surface area contributed by atoms with Gasteiger partial charge in [-0.3, -0.25) is 0 Å². The normalized spacial score (nSPS) is 16.5. The summed E-state index contributed by atoms with van der Waals surface area (Å²) in [6, 6.07) is 19.7. The molecule has 1 aliphatic carbocycles. The van der Waals surface area contributed by atoms with Crippen molar-refractivity contribution < 1.29 is 0 Å². The summed E-state index contributed by atoms with van der Waals surface area (Å²) in [5, 5.41) is 3.98. The van der Waals surface area contributed by atoms with E-state index >= 15 is 0 Å². The van der Waals surface area contributed by atoms with Gasteiger partial charge in [0, 0.05) is 17.5 Å². The molecule has 1 aliphatic rings. The molecule has 0 saturated heterocycles. The van der Waals surface area contributed by atoms with Gasteiger partial charge in [-0.05, 0) is 45.1 Å². The number of rotatable bonds is 1. The summed E-state index contributed by atoms with van der Waals surface area (Å²) in [6.45, 7) is 0. The van der Waals surface area contributed by atoms with Crippen molar-refractivity contribution in [2.75, 3.05) is 0 Å². The van der Waals surface area contributed by atoms with Crippen LogP contribution in [0.1, 0.15) is 22.6 Å². The number of hydrogen-bond acceptors (Lipinski definition) is 2. The fourth-order valence-corrected chi connectivity index (χ4v) is 4.24. The predicted octanol–water partition coefficient (Wildman–Crippen LogP) is 5.61. The van der Waals surface area contributed by atoms with Gasteiger partial charge in [-0.15, -0.1) is 0 Å². The standard InChI is InChI=1S/C20H13NS/c1-4-13-6-2-8-17-16(11-10-14(5-1)20(13)17)15-7-3-9-19-18(15)12-21-22-19/h1-12,16H. The Bertz CT molecular complexity index is 1040. The summed E-state index contributed by atoms with van der Waals surface area (Å²) >= 11 is 1.57. The number of allylic oxidation sites excluding steroid dienone is 1. The average molecular weight is 299 g/mol. The molecule has 0 saturated carbocycles. The number of aromatic nitrogens is 1. The highest BCUT2D eigenvalue weighted by atomic mass is 32.1. The van der Waals surface area contributed by atoms with Crippen LogP contribution in [0.4, 0.5) is 0 Å². The lowest BCUT2D eigenvalue weighted by Crippen LogP contribution is -2.03. The van der Waals surface area contributed by atoms with E-state index in [9.17, 15) is 0 Å². The molecule has 0 spiro atoms. The van der Waals surface area contributed by atoms with Gasteiger partial charge in [-0.1, -0.05) is 60.7 Å². The van der Waals surface area contributed by atoms with E-state index in [1.54, 1.807) is 11.5 Å². The van der Waals surface area contributed by atoms with Crippen LogP contribution >= 0.6 is 11.5 Å². The fraction of sp³-hybridized carbons (Fsp3) is 0.0500. The van der Waals surface area contributed by atoms with Crippen LogP contribution in [0.3, 0.4) is 0 Å². The summed E-state index contributed by atoms with van der Waals surface area (Å²) in [4.78, 5) is 0. The van der Waals surface area contributed by atoms with E-state index in [4.69, 9.17) is 0 Å².